The van der Waals surface area contributed by atoms with E-state index < -0.39 is 18.0 Å². The van der Waals surface area contributed by atoms with Gasteiger partial charge in [0.1, 0.15) is 6.61 Å². The molecule has 2 atom stereocenters. The van der Waals surface area contributed by atoms with E-state index in [9.17, 15) is 14.4 Å². The van der Waals surface area contributed by atoms with Gasteiger partial charge >= 0.3 is 12.1 Å². The maximum atomic E-state index is 14.0. The number of carbonyl (C=O) groups is 3. The van der Waals surface area contributed by atoms with Crippen LogP contribution in [0.15, 0.2) is 78.9 Å². The van der Waals surface area contributed by atoms with Gasteiger partial charge in [0, 0.05) is 0 Å². The van der Waals surface area contributed by atoms with E-state index in [1.54, 1.807) is 12.1 Å². The molecule has 0 spiro atoms. The van der Waals surface area contributed by atoms with Crippen LogP contribution in [0, 0.1) is 0 Å². The normalized spacial score (nSPS) is 16.3. The highest BCUT2D eigenvalue weighted by atomic mass is 16.6. The molecule has 1 fully saturated rings. The molecular weight excluding hydrogens is 466 g/mol. The van der Waals surface area contributed by atoms with Crippen molar-refractivity contribution in [3.05, 3.63) is 107 Å². The fourth-order valence-corrected chi connectivity index (χ4v) is 4.63. The van der Waals surface area contributed by atoms with Crippen molar-refractivity contribution in [2.24, 2.45) is 0 Å². The molecule has 1 aliphatic heterocycles. The molecule has 1 aliphatic rings. The zero-order valence-electron chi connectivity index (χ0n) is 21.8. The Morgan fingerprint density at radius 3 is 2.19 bits per heavy atom. The van der Waals surface area contributed by atoms with E-state index in [1.165, 1.54) is 12.0 Å². The van der Waals surface area contributed by atoms with Crippen molar-refractivity contribution in [1.29, 1.82) is 0 Å². The first kappa shape index (κ1) is 26.1. The molecule has 2 amide bonds. The molecule has 6 nitrogen and oxygen atoms in total. The van der Waals surface area contributed by atoms with Crippen molar-refractivity contribution in [1.82, 2.24) is 4.90 Å². The van der Waals surface area contributed by atoms with Crippen LogP contribution in [0.25, 0.3) is 0 Å². The second-order valence-electron chi connectivity index (χ2n) is 10.4. The lowest BCUT2D eigenvalue weighted by molar-refractivity contribution is -0.130. The van der Waals surface area contributed by atoms with Crippen LogP contribution in [0.4, 0.5) is 4.79 Å². The van der Waals surface area contributed by atoms with Crippen LogP contribution in [-0.2, 0) is 32.5 Å². The molecule has 37 heavy (non-hydrogen) atoms. The molecule has 0 bridgehead atoms. The summed E-state index contributed by atoms with van der Waals surface area (Å²) in [6.45, 7) is 6.59. The third-order valence-corrected chi connectivity index (χ3v) is 6.80. The van der Waals surface area contributed by atoms with Crippen molar-refractivity contribution < 1.29 is 23.9 Å². The number of methoxy groups -OCH3 is 1. The maximum Gasteiger partial charge on any atom is 0.417 e. The Bertz CT molecular complexity index is 1240. The minimum absolute atomic E-state index is 0.0265. The average molecular weight is 500 g/mol. The van der Waals surface area contributed by atoms with E-state index in [2.05, 4.69) is 20.8 Å². The quantitative estimate of drug-likeness (QED) is 0.391. The highest BCUT2D eigenvalue weighted by molar-refractivity contribution is 5.97. The predicted molar refractivity (Wildman–Crippen MR) is 141 cm³/mol. The molecule has 6 heteroatoms. The number of benzene rings is 3. The molecule has 0 aliphatic carbocycles. The summed E-state index contributed by atoms with van der Waals surface area (Å²) in [6, 6.07) is 24.5. The van der Waals surface area contributed by atoms with E-state index in [0.29, 0.717) is 18.4 Å². The van der Waals surface area contributed by atoms with Crippen molar-refractivity contribution in [3.63, 3.8) is 0 Å². The van der Waals surface area contributed by atoms with Crippen molar-refractivity contribution in [2.75, 3.05) is 13.7 Å². The van der Waals surface area contributed by atoms with E-state index in [0.717, 1.165) is 22.3 Å². The lowest BCUT2D eigenvalue weighted by Crippen LogP contribution is -2.43. The third kappa shape index (κ3) is 6.08. The van der Waals surface area contributed by atoms with Gasteiger partial charge in [0.25, 0.3) is 0 Å². The highest BCUT2D eigenvalue weighted by Crippen LogP contribution is 2.30. The maximum absolute atomic E-state index is 14.0. The van der Waals surface area contributed by atoms with E-state index in [-0.39, 0.29) is 24.0 Å². The number of imide groups is 1. The smallest absolute Gasteiger partial charge is 0.417 e. The van der Waals surface area contributed by atoms with Gasteiger partial charge in [-0.25, -0.2) is 14.5 Å². The van der Waals surface area contributed by atoms with Gasteiger partial charge in [-0.05, 0) is 52.6 Å². The molecule has 192 valence electrons. The van der Waals surface area contributed by atoms with Gasteiger partial charge in [-0.2, -0.15) is 0 Å². The molecular formula is C31H33NO5. The number of hydrogen-bond acceptors (Lipinski definition) is 5. The van der Waals surface area contributed by atoms with Crippen LogP contribution in [0.2, 0.25) is 0 Å². The third-order valence-electron chi connectivity index (χ3n) is 6.80. The van der Waals surface area contributed by atoms with Crippen LogP contribution in [0.1, 0.15) is 59.3 Å². The van der Waals surface area contributed by atoms with E-state index in [4.69, 9.17) is 9.47 Å². The largest absolute Gasteiger partial charge is 0.465 e. The Labute approximate surface area is 218 Å². The Morgan fingerprint density at radius 2 is 1.59 bits per heavy atom. The number of amides is 2. The molecule has 2 unspecified atom stereocenters. The van der Waals surface area contributed by atoms with Crippen LogP contribution < -0.4 is 0 Å². The molecule has 3 aromatic carbocycles. The van der Waals surface area contributed by atoms with Crippen LogP contribution >= 0.6 is 0 Å². The molecule has 0 saturated carbocycles. The number of hydrogen-bond donors (Lipinski definition) is 0. The summed E-state index contributed by atoms with van der Waals surface area (Å²) in [7, 11) is 1.34. The molecule has 0 radical (unpaired) electrons. The van der Waals surface area contributed by atoms with Gasteiger partial charge in [-0.3, -0.25) is 4.79 Å². The average Bonchev–Trinajstić information content (AvgIpc) is 3.26. The highest BCUT2D eigenvalue weighted by Gasteiger charge is 2.41. The van der Waals surface area contributed by atoms with Crippen molar-refractivity contribution >= 4 is 18.0 Å². The van der Waals surface area contributed by atoms with Gasteiger partial charge in [-0.15, -0.1) is 0 Å². The molecule has 4 rings (SSSR count). The minimum Gasteiger partial charge on any atom is -0.465 e. The number of esters is 1. The number of ether oxygens (including phenoxy) is 2. The van der Waals surface area contributed by atoms with Crippen molar-refractivity contribution in [3.8, 4) is 0 Å². The van der Waals surface area contributed by atoms with Crippen LogP contribution in [0.5, 0.6) is 0 Å². The first-order valence-corrected chi connectivity index (χ1v) is 12.5. The molecule has 3 aromatic rings. The lowest BCUT2D eigenvalue weighted by atomic mass is 9.84. The zero-order valence-corrected chi connectivity index (χ0v) is 21.8. The number of cyclic esters (lactones) is 1. The number of rotatable bonds is 7. The van der Waals surface area contributed by atoms with Crippen LogP contribution in [0.3, 0.4) is 0 Å². The van der Waals surface area contributed by atoms with Gasteiger partial charge in [0.15, 0.2) is 0 Å². The van der Waals surface area contributed by atoms with Crippen LogP contribution in [-0.4, -0.2) is 42.6 Å². The van der Waals surface area contributed by atoms with Gasteiger partial charge in [0.05, 0.1) is 24.6 Å². The number of carbonyl (C=O) groups excluding carboxylic acids is 3. The van der Waals surface area contributed by atoms with Crippen molar-refractivity contribution in [2.45, 2.75) is 51.0 Å². The van der Waals surface area contributed by atoms with Gasteiger partial charge < -0.3 is 9.47 Å². The SMILES string of the molecule is COC(=O)c1ccc(CC(C(=O)N2C(=O)OCC2Cc2ccccc2)c2ccc(C(C)(C)C)cc2)cc1. The predicted octanol–water partition coefficient (Wildman–Crippen LogP) is 5.69. The fraction of sp³-hybridized carbons (Fsp3) is 0.323. The summed E-state index contributed by atoms with van der Waals surface area (Å²) in [6.07, 6.45) is 0.294. The first-order chi connectivity index (χ1) is 17.7. The lowest BCUT2D eigenvalue weighted by Gasteiger charge is -2.26. The second kappa shape index (κ2) is 11.0. The molecule has 1 heterocycles. The summed E-state index contributed by atoms with van der Waals surface area (Å²) in [5.74, 6) is -1.30. The molecule has 1 saturated heterocycles. The summed E-state index contributed by atoms with van der Waals surface area (Å²) >= 11 is 0. The zero-order chi connectivity index (χ0) is 26.6. The summed E-state index contributed by atoms with van der Waals surface area (Å²) in [5.41, 5.74) is 4.31. The molecule has 0 N–H and O–H groups in total. The summed E-state index contributed by atoms with van der Waals surface area (Å²) in [5, 5.41) is 0. The first-order valence-electron chi connectivity index (χ1n) is 12.5. The van der Waals surface area contributed by atoms with E-state index >= 15 is 0 Å². The van der Waals surface area contributed by atoms with Gasteiger partial charge in [0.2, 0.25) is 5.91 Å². The Kier molecular flexibility index (Phi) is 7.77. The Hall–Kier alpha value is -3.93. The van der Waals surface area contributed by atoms with E-state index in [1.807, 2.05) is 66.7 Å². The molecule has 0 aromatic heterocycles. The summed E-state index contributed by atoms with van der Waals surface area (Å²) in [4.78, 5) is 39.9. The topological polar surface area (TPSA) is 72.9 Å². The Balaban J connectivity index is 1.65. The summed E-state index contributed by atoms with van der Waals surface area (Å²) < 4.78 is 10.1. The monoisotopic (exact) mass is 499 g/mol. The Morgan fingerprint density at radius 1 is 0.946 bits per heavy atom. The number of nitrogens with zero attached hydrogens (tertiary/aromatic N) is 1. The fourth-order valence-electron chi connectivity index (χ4n) is 4.63. The standard InChI is InChI=1S/C31H33NO5/c1-31(2,3)25-16-14-23(15-17-25)27(19-22-10-12-24(13-11-22)29(34)36-4)28(33)32-26(20-37-30(32)35)18-21-8-6-5-7-9-21/h5-17,26-27H,18-20H2,1-4H3. The second-order valence-corrected chi connectivity index (χ2v) is 10.4. The minimum atomic E-state index is -0.608. The van der Waals surface area contributed by atoms with Gasteiger partial charge in [-0.1, -0.05) is 87.5 Å².